The number of amides is 1. The molecule has 2 heterocycles. The molecule has 3 rings (SSSR count). The number of hydrogen-bond acceptors (Lipinski definition) is 3. The highest BCUT2D eigenvalue weighted by molar-refractivity contribution is 5.96. The number of rotatable bonds is 6. The van der Waals surface area contributed by atoms with Crippen molar-refractivity contribution in [2.45, 2.75) is 26.3 Å². The third-order valence-electron chi connectivity index (χ3n) is 4.18. The van der Waals surface area contributed by atoms with Crippen LogP contribution in [0.5, 0.6) is 0 Å². The number of carbonyl (C=O) groups excluding carboxylic acids is 1. The maximum atomic E-state index is 12.6. The summed E-state index contributed by atoms with van der Waals surface area (Å²) in [6, 6.07) is 15.4. The van der Waals surface area contributed by atoms with Gasteiger partial charge in [-0.1, -0.05) is 30.3 Å². The molecule has 0 fully saturated rings. The quantitative estimate of drug-likeness (QED) is 0.705. The predicted molar refractivity (Wildman–Crippen MR) is 98.8 cm³/mol. The number of benzene rings is 1. The lowest BCUT2D eigenvalue weighted by atomic mass is 10.1. The van der Waals surface area contributed by atoms with E-state index in [4.69, 9.17) is 0 Å². The fourth-order valence-corrected chi connectivity index (χ4v) is 2.90. The zero-order valence-electron chi connectivity index (χ0n) is 14.2. The molecule has 5 nitrogen and oxygen atoms in total. The summed E-state index contributed by atoms with van der Waals surface area (Å²) >= 11 is 0. The van der Waals surface area contributed by atoms with Crippen LogP contribution in [0, 0.1) is 0 Å². The van der Waals surface area contributed by atoms with E-state index >= 15 is 0 Å². The molecule has 1 aromatic carbocycles. The van der Waals surface area contributed by atoms with Crippen LogP contribution in [-0.2, 0) is 13.0 Å². The molecule has 0 atom stereocenters. The van der Waals surface area contributed by atoms with Crippen LogP contribution in [0.1, 0.15) is 29.3 Å². The van der Waals surface area contributed by atoms with Crippen molar-refractivity contribution < 1.29 is 4.79 Å². The first-order chi connectivity index (χ1) is 12.2. The van der Waals surface area contributed by atoms with Gasteiger partial charge < -0.3 is 5.32 Å². The highest BCUT2D eigenvalue weighted by atomic mass is 16.2. The van der Waals surface area contributed by atoms with E-state index in [0.717, 1.165) is 18.2 Å². The topological polar surface area (TPSA) is 64.0 Å². The van der Waals surface area contributed by atoms with Gasteiger partial charge in [-0.3, -0.25) is 14.2 Å². The van der Waals surface area contributed by atoms with Gasteiger partial charge >= 0.3 is 0 Å². The number of aromatic nitrogens is 2. The molecule has 0 aliphatic rings. The Hall–Kier alpha value is -2.95. The highest BCUT2D eigenvalue weighted by Gasteiger charge is 2.15. The average molecular weight is 335 g/mol. The molecule has 1 N–H and O–H groups in total. The summed E-state index contributed by atoms with van der Waals surface area (Å²) in [5.74, 6) is -0.328. The van der Waals surface area contributed by atoms with Crippen molar-refractivity contribution in [1.82, 2.24) is 14.9 Å². The van der Waals surface area contributed by atoms with Crippen LogP contribution in [-0.4, -0.2) is 22.0 Å². The number of hydrogen-bond donors (Lipinski definition) is 1. The summed E-state index contributed by atoms with van der Waals surface area (Å²) in [4.78, 5) is 29.3. The molecule has 0 saturated heterocycles. The molecule has 128 valence electrons. The van der Waals surface area contributed by atoms with E-state index in [1.165, 1.54) is 10.1 Å². The largest absolute Gasteiger partial charge is 0.352 e. The third-order valence-corrected chi connectivity index (χ3v) is 4.18. The van der Waals surface area contributed by atoms with Crippen LogP contribution >= 0.6 is 0 Å². The molecule has 1 amide bonds. The highest BCUT2D eigenvalue weighted by Crippen LogP contribution is 2.11. The molecule has 0 spiro atoms. The molecule has 0 unspecified atom stereocenters. The maximum absolute atomic E-state index is 12.6. The van der Waals surface area contributed by atoms with Crippen molar-refractivity contribution in [3.05, 3.63) is 76.2 Å². The van der Waals surface area contributed by atoms with Crippen LogP contribution in [0.2, 0.25) is 0 Å². The number of pyridine rings is 2. The fourth-order valence-electron chi connectivity index (χ4n) is 2.90. The van der Waals surface area contributed by atoms with Gasteiger partial charge in [-0.25, -0.2) is 4.98 Å². The van der Waals surface area contributed by atoms with Crippen molar-refractivity contribution >= 4 is 16.9 Å². The van der Waals surface area contributed by atoms with Gasteiger partial charge in [-0.2, -0.15) is 0 Å². The number of aryl methyl sites for hydroxylation is 2. The Labute approximate surface area is 146 Å². The van der Waals surface area contributed by atoms with Gasteiger partial charge in [-0.05, 0) is 43.5 Å². The van der Waals surface area contributed by atoms with E-state index in [1.54, 1.807) is 18.3 Å². The van der Waals surface area contributed by atoms with Crippen LogP contribution in [0.25, 0.3) is 11.0 Å². The van der Waals surface area contributed by atoms with E-state index in [9.17, 15) is 9.59 Å². The number of carbonyl (C=O) groups is 1. The lowest BCUT2D eigenvalue weighted by molar-refractivity contribution is 0.0951. The second-order valence-corrected chi connectivity index (χ2v) is 5.87. The van der Waals surface area contributed by atoms with Gasteiger partial charge in [0.2, 0.25) is 0 Å². The average Bonchev–Trinajstić information content (AvgIpc) is 2.65. The lowest BCUT2D eigenvalue weighted by Crippen LogP contribution is -2.33. The first kappa shape index (κ1) is 16.9. The molecule has 2 aromatic heterocycles. The summed E-state index contributed by atoms with van der Waals surface area (Å²) < 4.78 is 1.54. The van der Waals surface area contributed by atoms with Crippen LogP contribution in [0.15, 0.2) is 59.5 Å². The molecule has 25 heavy (non-hydrogen) atoms. The lowest BCUT2D eigenvalue weighted by Gasteiger charge is -2.10. The van der Waals surface area contributed by atoms with E-state index in [0.29, 0.717) is 18.7 Å². The molecule has 0 aliphatic carbocycles. The molecule has 0 bridgehead atoms. The van der Waals surface area contributed by atoms with Gasteiger partial charge in [0.15, 0.2) is 0 Å². The Morgan fingerprint density at radius 2 is 1.96 bits per heavy atom. The zero-order valence-corrected chi connectivity index (χ0v) is 14.2. The van der Waals surface area contributed by atoms with E-state index in [2.05, 4.69) is 22.4 Å². The van der Waals surface area contributed by atoms with Gasteiger partial charge in [0.1, 0.15) is 11.2 Å². The minimum Gasteiger partial charge on any atom is -0.352 e. The summed E-state index contributed by atoms with van der Waals surface area (Å²) in [6.07, 6.45) is 3.37. The van der Waals surface area contributed by atoms with E-state index in [-0.39, 0.29) is 17.0 Å². The SMILES string of the molecule is CCn1c(=O)c(C(=O)NCCCc2ccccc2)cc2cccnc21. The molecule has 3 aromatic rings. The fraction of sp³-hybridized carbons (Fsp3) is 0.250. The van der Waals surface area contributed by atoms with Crippen LogP contribution in [0.4, 0.5) is 0 Å². The molecule has 0 radical (unpaired) electrons. The summed E-state index contributed by atoms with van der Waals surface area (Å²) in [7, 11) is 0. The Kier molecular flexibility index (Phi) is 5.23. The van der Waals surface area contributed by atoms with Crippen molar-refractivity contribution in [2.75, 3.05) is 6.54 Å². The second kappa shape index (κ2) is 7.75. The Morgan fingerprint density at radius 3 is 2.72 bits per heavy atom. The van der Waals surface area contributed by atoms with Gasteiger partial charge in [0.25, 0.3) is 11.5 Å². The molecular formula is C20H21N3O2. The van der Waals surface area contributed by atoms with Crippen LogP contribution in [0.3, 0.4) is 0 Å². The summed E-state index contributed by atoms with van der Waals surface area (Å²) in [5.41, 5.74) is 1.72. The van der Waals surface area contributed by atoms with Crippen molar-refractivity contribution in [1.29, 1.82) is 0 Å². The van der Waals surface area contributed by atoms with Gasteiger partial charge in [0.05, 0.1) is 0 Å². The Morgan fingerprint density at radius 1 is 1.16 bits per heavy atom. The molecular weight excluding hydrogens is 314 g/mol. The number of fused-ring (bicyclic) bond motifs is 1. The van der Waals surface area contributed by atoms with Crippen molar-refractivity contribution in [3.63, 3.8) is 0 Å². The van der Waals surface area contributed by atoms with Gasteiger partial charge in [-0.15, -0.1) is 0 Å². The maximum Gasteiger partial charge on any atom is 0.265 e. The second-order valence-electron chi connectivity index (χ2n) is 5.87. The summed E-state index contributed by atoms with van der Waals surface area (Å²) in [5, 5.41) is 3.64. The molecule has 0 saturated carbocycles. The smallest absolute Gasteiger partial charge is 0.265 e. The van der Waals surface area contributed by atoms with E-state index < -0.39 is 0 Å². The molecule has 0 aliphatic heterocycles. The summed E-state index contributed by atoms with van der Waals surface area (Å²) in [6.45, 7) is 2.88. The zero-order chi connectivity index (χ0) is 17.6. The minimum absolute atomic E-state index is 0.169. The Bertz CT molecular complexity index is 933. The first-order valence-electron chi connectivity index (χ1n) is 8.51. The normalized spacial score (nSPS) is 10.8. The number of nitrogens with zero attached hydrogens (tertiary/aromatic N) is 2. The minimum atomic E-state index is -0.328. The van der Waals surface area contributed by atoms with Gasteiger partial charge in [0, 0.05) is 24.7 Å². The standard InChI is InChI=1S/C20H21N3O2/c1-2-23-18-16(11-7-12-21-18)14-17(20(23)25)19(24)22-13-6-10-15-8-4-3-5-9-15/h3-5,7-9,11-12,14H,2,6,10,13H2,1H3,(H,22,24). The van der Waals surface area contributed by atoms with Crippen molar-refractivity contribution in [3.8, 4) is 0 Å². The predicted octanol–water partition coefficient (Wildman–Crippen LogP) is 2.78. The first-order valence-corrected chi connectivity index (χ1v) is 8.51. The van der Waals surface area contributed by atoms with E-state index in [1.807, 2.05) is 31.2 Å². The van der Waals surface area contributed by atoms with Crippen molar-refractivity contribution in [2.24, 2.45) is 0 Å². The van der Waals surface area contributed by atoms with Crippen LogP contribution < -0.4 is 10.9 Å². The molecule has 5 heteroatoms. The monoisotopic (exact) mass is 335 g/mol. The number of nitrogens with one attached hydrogen (secondary N) is 1. The Balaban J connectivity index is 1.71. The third kappa shape index (κ3) is 3.76.